The fraction of sp³-hybridized carbons (Fsp3) is 0.235. The Morgan fingerprint density at radius 3 is 2.40 bits per heavy atom. The Bertz CT molecular complexity index is 738. The molecule has 0 fully saturated rings. The third kappa shape index (κ3) is 6.18. The predicted molar refractivity (Wildman–Crippen MR) is 95.5 cm³/mol. The molecular formula is C17H19ClNO5P. The Hall–Kier alpha value is -1.85. The Morgan fingerprint density at radius 2 is 1.80 bits per heavy atom. The SMILES string of the molecule is COP(=O)(N[C@@H](C)C(=O)OCc1ccccc1)Oc1ccc(Cl)cc1. The molecule has 0 spiro atoms. The first kappa shape index (κ1) is 19.5. The van der Waals surface area contributed by atoms with E-state index in [1.807, 2.05) is 30.3 Å². The molecule has 2 aromatic carbocycles. The van der Waals surface area contributed by atoms with Gasteiger partial charge >= 0.3 is 13.7 Å². The van der Waals surface area contributed by atoms with Crippen LogP contribution in [0.2, 0.25) is 5.02 Å². The maximum Gasteiger partial charge on any atom is 0.459 e. The minimum Gasteiger partial charge on any atom is -0.460 e. The average Bonchev–Trinajstić information content (AvgIpc) is 2.62. The second-order valence-electron chi connectivity index (χ2n) is 5.17. The molecule has 0 radical (unpaired) electrons. The van der Waals surface area contributed by atoms with Gasteiger partial charge in [-0.05, 0) is 36.8 Å². The van der Waals surface area contributed by atoms with E-state index in [0.29, 0.717) is 10.8 Å². The van der Waals surface area contributed by atoms with Gasteiger partial charge in [0.15, 0.2) is 0 Å². The number of rotatable bonds is 8. The van der Waals surface area contributed by atoms with Crippen LogP contribution in [0.15, 0.2) is 54.6 Å². The number of nitrogens with one attached hydrogen (secondary N) is 1. The summed E-state index contributed by atoms with van der Waals surface area (Å²) >= 11 is 5.80. The minimum absolute atomic E-state index is 0.126. The van der Waals surface area contributed by atoms with Crippen LogP contribution in [0.25, 0.3) is 0 Å². The van der Waals surface area contributed by atoms with Gasteiger partial charge < -0.3 is 9.26 Å². The maximum absolute atomic E-state index is 12.6. The highest BCUT2D eigenvalue weighted by atomic mass is 35.5. The molecule has 0 amide bonds. The van der Waals surface area contributed by atoms with Crippen molar-refractivity contribution in [3.05, 3.63) is 65.2 Å². The number of ether oxygens (including phenoxy) is 1. The van der Waals surface area contributed by atoms with Crippen molar-refractivity contribution in [2.24, 2.45) is 0 Å². The van der Waals surface area contributed by atoms with E-state index < -0.39 is 19.8 Å². The van der Waals surface area contributed by atoms with Crippen LogP contribution in [0.4, 0.5) is 0 Å². The number of esters is 1. The van der Waals surface area contributed by atoms with Crippen molar-refractivity contribution in [1.29, 1.82) is 0 Å². The molecule has 0 saturated carbocycles. The van der Waals surface area contributed by atoms with Gasteiger partial charge in [-0.2, -0.15) is 5.09 Å². The third-order valence-electron chi connectivity index (χ3n) is 3.21. The topological polar surface area (TPSA) is 73.9 Å². The number of hydrogen-bond donors (Lipinski definition) is 1. The van der Waals surface area contributed by atoms with Crippen LogP contribution in [-0.4, -0.2) is 19.1 Å². The second-order valence-corrected chi connectivity index (χ2v) is 7.41. The molecule has 2 atom stereocenters. The molecule has 0 heterocycles. The zero-order chi connectivity index (χ0) is 18.3. The van der Waals surface area contributed by atoms with Crippen molar-refractivity contribution in [3.8, 4) is 5.75 Å². The molecule has 0 aliphatic rings. The maximum atomic E-state index is 12.6. The first-order valence-corrected chi connectivity index (χ1v) is 9.43. The highest BCUT2D eigenvalue weighted by Crippen LogP contribution is 2.44. The summed E-state index contributed by atoms with van der Waals surface area (Å²) in [6.45, 7) is 1.64. The van der Waals surface area contributed by atoms with Gasteiger partial charge in [0, 0.05) is 12.1 Å². The quantitative estimate of drug-likeness (QED) is 0.544. The highest BCUT2D eigenvalue weighted by Gasteiger charge is 2.30. The number of carbonyl (C=O) groups is 1. The van der Waals surface area contributed by atoms with Gasteiger partial charge in [-0.1, -0.05) is 41.9 Å². The van der Waals surface area contributed by atoms with E-state index in [4.69, 9.17) is 25.4 Å². The average molecular weight is 384 g/mol. The van der Waals surface area contributed by atoms with Gasteiger partial charge in [0.25, 0.3) is 0 Å². The predicted octanol–water partition coefficient (Wildman–Crippen LogP) is 4.19. The monoisotopic (exact) mass is 383 g/mol. The van der Waals surface area contributed by atoms with Crippen molar-refractivity contribution >= 4 is 25.3 Å². The lowest BCUT2D eigenvalue weighted by Gasteiger charge is -2.21. The zero-order valence-corrected chi connectivity index (χ0v) is 15.5. The molecule has 134 valence electrons. The molecular weight excluding hydrogens is 365 g/mol. The lowest BCUT2D eigenvalue weighted by Crippen LogP contribution is -2.34. The molecule has 8 heteroatoms. The van der Waals surface area contributed by atoms with Gasteiger partial charge in [-0.3, -0.25) is 9.32 Å². The van der Waals surface area contributed by atoms with Crippen molar-refractivity contribution < 1.29 is 23.1 Å². The third-order valence-corrected chi connectivity index (χ3v) is 5.10. The van der Waals surface area contributed by atoms with Gasteiger partial charge in [0.1, 0.15) is 18.4 Å². The van der Waals surface area contributed by atoms with Crippen LogP contribution < -0.4 is 9.61 Å². The van der Waals surface area contributed by atoms with Gasteiger partial charge in [-0.25, -0.2) is 4.57 Å². The van der Waals surface area contributed by atoms with E-state index in [1.54, 1.807) is 24.3 Å². The van der Waals surface area contributed by atoms with E-state index in [0.717, 1.165) is 5.56 Å². The van der Waals surface area contributed by atoms with Crippen LogP contribution >= 0.6 is 19.3 Å². The van der Waals surface area contributed by atoms with Gasteiger partial charge in [-0.15, -0.1) is 0 Å². The Kier molecular flexibility index (Phi) is 7.02. The number of hydrogen-bond acceptors (Lipinski definition) is 5. The van der Waals surface area contributed by atoms with E-state index in [-0.39, 0.29) is 6.61 Å². The Labute approximate surface area is 151 Å². The zero-order valence-electron chi connectivity index (χ0n) is 13.8. The molecule has 25 heavy (non-hydrogen) atoms. The second kappa shape index (κ2) is 9.02. The molecule has 1 N–H and O–H groups in total. The Balaban J connectivity index is 1.93. The number of halogens is 1. The summed E-state index contributed by atoms with van der Waals surface area (Å²) in [5.74, 6) is -0.271. The fourth-order valence-electron chi connectivity index (χ4n) is 1.89. The van der Waals surface area contributed by atoms with E-state index in [1.165, 1.54) is 14.0 Å². The molecule has 0 aromatic heterocycles. The summed E-state index contributed by atoms with van der Waals surface area (Å²) in [6, 6.07) is 14.7. The summed E-state index contributed by atoms with van der Waals surface area (Å²) in [5.41, 5.74) is 0.857. The molecule has 6 nitrogen and oxygen atoms in total. The van der Waals surface area contributed by atoms with Crippen LogP contribution in [0.5, 0.6) is 5.75 Å². The van der Waals surface area contributed by atoms with E-state index in [9.17, 15) is 9.36 Å². The van der Waals surface area contributed by atoms with E-state index >= 15 is 0 Å². The normalized spacial score (nSPS) is 14.4. The minimum atomic E-state index is -3.74. The van der Waals surface area contributed by atoms with Gasteiger partial charge in [0.05, 0.1) is 0 Å². The lowest BCUT2D eigenvalue weighted by molar-refractivity contribution is -0.146. The molecule has 2 rings (SSSR count). The standard InChI is InChI=1S/C17H19ClNO5P/c1-13(17(20)23-12-14-6-4-3-5-7-14)19-25(21,22-2)24-16-10-8-15(18)9-11-16/h3-11,13H,12H2,1-2H3,(H,19,21)/t13-,25?/m0/s1. The van der Waals surface area contributed by atoms with Gasteiger partial charge in [0.2, 0.25) is 0 Å². The molecule has 1 unspecified atom stereocenters. The van der Waals surface area contributed by atoms with Crippen molar-refractivity contribution in [2.45, 2.75) is 19.6 Å². The van der Waals surface area contributed by atoms with Crippen LogP contribution in [0.3, 0.4) is 0 Å². The van der Waals surface area contributed by atoms with Crippen LogP contribution in [0, 0.1) is 0 Å². The first-order chi connectivity index (χ1) is 11.9. The summed E-state index contributed by atoms with van der Waals surface area (Å²) in [6.07, 6.45) is 0. The molecule has 0 aliphatic carbocycles. The molecule has 0 saturated heterocycles. The summed E-state index contributed by atoms with van der Waals surface area (Å²) in [4.78, 5) is 12.1. The van der Waals surface area contributed by atoms with Crippen LogP contribution in [0.1, 0.15) is 12.5 Å². The number of benzene rings is 2. The summed E-state index contributed by atoms with van der Waals surface area (Å²) < 4.78 is 28.1. The fourth-order valence-corrected chi connectivity index (χ4v) is 3.23. The summed E-state index contributed by atoms with van der Waals surface area (Å²) in [7, 11) is -2.51. The number of carbonyl (C=O) groups excluding carboxylic acids is 1. The van der Waals surface area contributed by atoms with E-state index in [2.05, 4.69) is 5.09 Å². The van der Waals surface area contributed by atoms with Crippen molar-refractivity contribution in [1.82, 2.24) is 5.09 Å². The largest absolute Gasteiger partial charge is 0.460 e. The highest BCUT2D eigenvalue weighted by molar-refractivity contribution is 7.52. The molecule has 2 aromatic rings. The lowest BCUT2D eigenvalue weighted by atomic mass is 10.2. The van der Waals surface area contributed by atoms with Crippen molar-refractivity contribution in [2.75, 3.05) is 7.11 Å². The molecule has 0 aliphatic heterocycles. The summed E-state index contributed by atoms with van der Waals surface area (Å²) in [5, 5.41) is 3.06. The van der Waals surface area contributed by atoms with Crippen LogP contribution in [-0.2, 0) is 25.2 Å². The van der Waals surface area contributed by atoms with Crippen molar-refractivity contribution in [3.63, 3.8) is 0 Å². The molecule has 0 bridgehead atoms. The first-order valence-electron chi connectivity index (χ1n) is 7.51. The Morgan fingerprint density at radius 1 is 1.16 bits per heavy atom. The smallest absolute Gasteiger partial charge is 0.459 e.